The van der Waals surface area contributed by atoms with Crippen LogP contribution in [-0.4, -0.2) is 36.8 Å². The van der Waals surface area contributed by atoms with Gasteiger partial charge >= 0.3 is 0 Å². The molecule has 0 radical (unpaired) electrons. The molecule has 0 aliphatic heterocycles. The number of aliphatic hydroxyl groups excluding tert-OH is 1. The Kier molecular flexibility index (Phi) is 5.15. The van der Waals surface area contributed by atoms with Gasteiger partial charge in [-0.15, -0.1) is 0 Å². The maximum atomic E-state index is 8.73. The summed E-state index contributed by atoms with van der Waals surface area (Å²) in [6, 6.07) is 8.33. The molecule has 0 aliphatic rings. The van der Waals surface area contributed by atoms with Crippen LogP contribution in [0.5, 0.6) is 0 Å². The zero-order chi connectivity index (χ0) is 10.4. The lowest BCUT2D eigenvalue weighted by molar-refractivity contribution is 0.223. The highest BCUT2D eigenvalue weighted by molar-refractivity contribution is 9.10. The second-order valence-electron chi connectivity index (χ2n) is 3.41. The third kappa shape index (κ3) is 4.22. The summed E-state index contributed by atoms with van der Waals surface area (Å²) < 4.78 is 1.12. The normalized spacial score (nSPS) is 10.9. The van der Waals surface area contributed by atoms with Crippen LogP contribution < -0.4 is 0 Å². The van der Waals surface area contributed by atoms with E-state index in [2.05, 4.69) is 33.0 Å². The summed E-state index contributed by atoms with van der Waals surface area (Å²) in [5, 5.41) is 8.73. The second kappa shape index (κ2) is 6.17. The lowest BCUT2D eigenvalue weighted by Gasteiger charge is -2.14. The van der Waals surface area contributed by atoms with E-state index >= 15 is 0 Å². The molecular weight excluding hydrogens is 242 g/mol. The summed E-state index contributed by atoms with van der Waals surface area (Å²) in [7, 11) is 2.02. The van der Waals surface area contributed by atoms with E-state index in [4.69, 9.17) is 5.11 Å². The molecule has 0 heterocycles. The minimum absolute atomic E-state index is 0.231. The highest BCUT2D eigenvalue weighted by Gasteiger charge is 1.98. The minimum Gasteiger partial charge on any atom is -0.395 e. The minimum atomic E-state index is 0.231. The molecule has 0 saturated heterocycles. The van der Waals surface area contributed by atoms with E-state index in [1.54, 1.807) is 0 Å². The van der Waals surface area contributed by atoms with Crippen molar-refractivity contribution in [3.63, 3.8) is 0 Å². The molecule has 0 unspecified atom stereocenters. The van der Waals surface area contributed by atoms with Gasteiger partial charge in [0.15, 0.2) is 0 Å². The number of likely N-dealkylation sites (N-methyl/N-ethyl adjacent to an activating group) is 1. The molecule has 78 valence electrons. The van der Waals surface area contributed by atoms with E-state index < -0.39 is 0 Å². The van der Waals surface area contributed by atoms with Gasteiger partial charge in [0.05, 0.1) is 6.61 Å². The van der Waals surface area contributed by atoms with Crippen LogP contribution >= 0.6 is 15.9 Å². The van der Waals surface area contributed by atoms with Crippen LogP contribution in [0.15, 0.2) is 28.7 Å². The topological polar surface area (TPSA) is 23.5 Å². The van der Waals surface area contributed by atoms with Gasteiger partial charge in [0.25, 0.3) is 0 Å². The Morgan fingerprint density at radius 3 is 2.79 bits per heavy atom. The molecule has 0 aromatic heterocycles. The molecule has 1 aromatic carbocycles. The summed E-state index contributed by atoms with van der Waals surface area (Å²) in [6.07, 6.45) is 1.02. The molecule has 0 fully saturated rings. The largest absolute Gasteiger partial charge is 0.395 e. The van der Waals surface area contributed by atoms with Crippen molar-refractivity contribution in [2.45, 2.75) is 6.42 Å². The fourth-order valence-electron chi connectivity index (χ4n) is 1.29. The number of hydrogen-bond donors (Lipinski definition) is 1. The third-order valence-corrected chi connectivity index (χ3v) is 2.65. The smallest absolute Gasteiger partial charge is 0.0558 e. The van der Waals surface area contributed by atoms with Gasteiger partial charge in [-0.2, -0.15) is 0 Å². The first-order valence-corrected chi connectivity index (χ1v) is 5.55. The molecule has 1 N–H and O–H groups in total. The Bertz CT molecular complexity index is 278. The van der Waals surface area contributed by atoms with Gasteiger partial charge in [0, 0.05) is 17.6 Å². The number of rotatable bonds is 5. The molecule has 3 heteroatoms. The monoisotopic (exact) mass is 257 g/mol. The highest BCUT2D eigenvalue weighted by Crippen LogP contribution is 2.12. The molecule has 0 saturated carbocycles. The number of aliphatic hydroxyl groups is 1. The van der Waals surface area contributed by atoms with Crippen LogP contribution in [0.3, 0.4) is 0 Å². The van der Waals surface area contributed by atoms with Crippen LogP contribution in [0.2, 0.25) is 0 Å². The van der Waals surface area contributed by atoms with Crippen molar-refractivity contribution in [2.24, 2.45) is 0 Å². The van der Waals surface area contributed by atoms with Crippen molar-refractivity contribution in [3.05, 3.63) is 34.3 Å². The number of hydrogen-bond acceptors (Lipinski definition) is 2. The molecule has 1 rings (SSSR count). The van der Waals surface area contributed by atoms with Crippen molar-refractivity contribution in [1.82, 2.24) is 4.90 Å². The fourth-order valence-corrected chi connectivity index (χ4v) is 1.74. The van der Waals surface area contributed by atoms with Gasteiger partial charge < -0.3 is 10.0 Å². The van der Waals surface area contributed by atoms with Gasteiger partial charge in [-0.3, -0.25) is 0 Å². The standard InChI is InChI=1S/C11H16BrNO/c1-13(7-8-14)6-5-10-3-2-4-11(12)9-10/h2-4,9,14H,5-8H2,1H3. The van der Waals surface area contributed by atoms with Gasteiger partial charge in [-0.25, -0.2) is 0 Å². The quantitative estimate of drug-likeness (QED) is 0.872. The van der Waals surface area contributed by atoms with Crippen molar-refractivity contribution < 1.29 is 5.11 Å². The van der Waals surface area contributed by atoms with E-state index in [9.17, 15) is 0 Å². The molecule has 2 nitrogen and oxygen atoms in total. The van der Waals surface area contributed by atoms with E-state index in [1.807, 2.05) is 19.2 Å². The molecule has 0 bridgehead atoms. The van der Waals surface area contributed by atoms with Crippen molar-refractivity contribution >= 4 is 15.9 Å². The van der Waals surface area contributed by atoms with Gasteiger partial charge in [0.1, 0.15) is 0 Å². The average Bonchev–Trinajstić information content (AvgIpc) is 2.15. The van der Waals surface area contributed by atoms with Crippen molar-refractivity contribution in [2.75, 3.05) is 26.7 Å². The average molecular weight is 258 g/mol. The first-order chi connectivity index (χ1) is 6.72. The van der Waals surface area contributed by atoms with Crippen molar-refractivity contribution in [3.8, 4) is 0 Å². The number of halogens is 1. The summed E-state index contributed by atoms with van der Waals surface area (Å²) in [5.74, 6) is 0. The molecule has 0 atom stereocenters. The maximum absolute atomic E-state index is 8.73. The second-order valence-corrected chi connectivity index (χ2v) is 4.32. The van der Waals surface area contributed by atoms with Gasteiger partial charge in [0.2, 0.25) is 0 Å². The van der Waals surface area contributed by atoms with Crippen LogP contribution in [-0.2, 0) is 6.42 Å². The predicted molar refractivity (Wildman–Crippen MR) is 62.4 cm³/mol. The van der Waals surface area contributed by atoms with Crippen molar-refractivity contribution in [1.29, 1.82) is 0 Å². The van der Waals surface area contributed by atoms with Gasteiger partial charge in [-0.05, 0) is 31.2 Å². The zero-order valence-corrected chi connectivity index (χ0v) is 10.00. The van der Waals surface area contributed by atoms with Crippen LogP contribution in [0.1, 0.15) is 5.56 Å². The molecule has 14 heavy (non-hydrogen) atoms. The molecule has 0 amide bonds. The fraction of sp³-hybridized carbons (Fsp3) is 0.455. The van der Waals surface area contributed by atoms with E-state index in [1.165, 1.54) is 5.56 Å². The van der Waals surface area contributed by atoms with Gasteiger partial charge in [-0.1, -0.05) is 28.1 Å². The summed E-state index contributed by atoms with van der Waals surface area (Å²) in [6.45, 7) is 1.96. The Morgan fingerprint density at radius 1 is 1.36 bits per heavy atom. The van der Waals surface area contributed by atoms with E-state index in [0.29, 0.717) is 0 Å². The van der Waals surface area contributed by atoms with E-state index in [0.717, 1.165) is 24.0 Å². The van der Waals surface area contributed by atoms with Crippen LogP contribution in [0.4, 0.5) is 0 Å². The van der Waals surface area contributed by atoms with E-state index in [-0.39, 0.29) is 6.61 Å². The molecule has 0 spiro atoms. The zero-order valence-electron chi connectivity index (χ0n) is 8.41. The molecular formula is C11H16BrNO. The summed E-state index contributed by atoms with van der Waals surface area (Å²) >= 11 is 3.45. The lowest BCUT2D eigenvalue weighted by Crippen LogP contribution is -2.24. The lowest BCUT2D eigenvalue weighted by atomic mass is 10.1. The Labute approximate surface area is 93.7 Å². The summed E-state index contributed by atoms with van der Waals surface area (Å²) in [5.41, 5.74) is 1.32. The number of nitrogens with zero attached hydrogens (tertiary/aromatic N) is 1. The third-order valence-electron chi connectivity index (χ3n) is 2.15. The Balaban J connectivity index is 2.37. The highest BCUT2D eigenvalue weighted by atomic mass is 79.9. The van der Waals surface area contributed by atoms with Crippen LogP contribution in [0.25, 0.3) is 0 Å². The first-order valence-electron chi connectivity index (χ1n) is 4.76. The maximum Gasteiger partial charge on any atom is 0.0558 e. The predicted octanol–water partition coefficient (Wildman–Crippen LogP) is 1.92. The van der Waals surface area contributed by atoms with Crippen LogP contribution in [0, 0.1) is 0 Å². The Morgan fingerprint density at radius 2 is 2.14 bits per heavy atom. The molecule has 0 aliphatic carbocycles. The summed E-state index contributed by atoms with van der Waals surface area (Å²) in [4.78, 5) is 2.13. The first kappa shape index (κ1) is 11.7. The molecule has 1 aromatic rings. The Hall–Kier alpha value is -0.380. The SMILES string of the molecule is CN(CCO)CCc1cccc(Br)c1. The number of benzene rings is 1.